The van der Waals surface area contributed by atoms with Gasteiger partial charge in [-0.05, 0) is 61.1 Å². The summed E-state index contributed by atoms with van der Waals surface area (Å²) in [6.07, 6.45) is 5.04. The predicted molar refractivity (Wildman–Crippen MR) is 114 cm³/mol. The third-order valence-corrected chi connectivity index (χ3v) is 5.52. The van der Waals surface area contributed by atoms with Gasteiger partial charge in [0.15, 0.2) is 34.6 Å². The van der Waals surface area contributed by atoms with Gasteiger partial charge in [0.05, 0.1) is 28.4 Å². The largest absolute Gasteiger partial charge is 0.493 e. The van der Waals surface area contributed by atoms with Gasteiger partial charge >= 0.3 is 0 Å². The lowest BCUT2D eigenvalue weighted by atomic mass is 9.90. The van der Waals surface area contributed by atoms with Crippen molar-refractivity contribution in [2.75, 3.05) is 28.4 Å². The second-order valence-electron chi connectivity index (χ2n) is 7.28. The summed E-state index contributed by atoms with van der Waals surface area (Å²) in [7, 11) is 6.37. The molecule has 2 aromatic rings. The fourth-order valence-electron chi connectivity index (χ4n) is 3.92. The maximum absolute atomic E-state index is 11.7. The molecule has 4 rings (SSSR count). The quantitative estimate of drug-likeness (QED) is 0.739. The van der Waals surface area contributed by atoms with Crippen molar-refractivity contribution in [3.8, 4) is 23.0 Å². The number of fused-ring (bicyclic) bond motifs is 2. The standard InChI is InChI=1S/2C12H14O3/c2*1-14-11-6-8-4-3-5-10(13)9(8)7-12(11)15-2/h2*6-7H,3-5H2,1-2H3. The van der Waals surface area contributed by atoms with Crippen LogP contribution < -0.4 is 18.9 Å². The van der Waals surface area contributed by atoms with Crippen LogP contribution in [0.2, 0.25) is 0 Å². The normalized spacial score (nSPS) is 14.7. The smallest absolute Gasteiger partial charge is 0.163 e. The molecule has 0 atom stereocenters. The summed E-state index contributed by atoms with van der Waals surface area (Å²) < 4.78 is 20.7. The van der Waals surface area contributed by atoms with E-state index in [0.717, 1.165) is 47.9 Å². The van der Waals surface area contributed by atoms with Crippen molar-refractivity contribution in [1.29, 1.82) is 0 Å². The minimum Gasteiger partial charge on any atom is -0.493 e. The van der Waals surface area contributed by atoms with Crippen LogP contribution in [-0.2, 0) is 12.8 Å². The number of carbonyl (C=O) groups excluding carboxylic acids is 2. The molecule has 0 unspecified atom stereocenters. The molecule has 0 saturated carbocycles. The number of ketones is 2. The Morgan fingerprint density at radius 3 is 1.20 bits per heavy atom. The van der Waals surface area contributed by atoms with E-state index in [0.29, 0.717) is 35.8 Å². The van der Waals surface area contributed by atoms with E-state index >= 15 is 0 Å². The molecule has 0 fully saturated rings. The first-order valence-electron chi connectivity index (χ1n) is 10.1. The number of hydrogen-bond donors (Lipinski definition) is 0. The van der Waals surface area contributed by atoms with Gasteiger partial charge in [-0.3, -0.25) is 9.59 Å². The number of aryl methyl sites for hydroxylation is 2. The summed E-state index contributed by atoms with van der Waals surface area (Å²) in [4.78, 5) is 23.3. The third kappa shape index (κ3) is 4.42. The van der Waals surface area contributed by atoms with Crippen molar-refractivity contribution < 1.29 is 28.5 Å². The Hall–Kier alpha value is -3.02. The zero-order valence-corrected chi connectivity index (χ0v) is 18.0. The fourth-order valence-corrected chi connectivity index (χ4v) is 3.92. The van der Waals surface area contributed by atoms with E-state index < -0.39 is 0 Å². The van der Waals surface area contributed by atoms with Gasteiger partial charge in [-0.1, -0.05) is 0 Å². The van der Waals surface area contributed by atoms with Crippen LogP contribution in [-0.4, -0.2) is 40.0 Å². The van der Waals surface area contributed by atoms with Gasteiger partial charge in [0.25, 0.3) is 0 Å². The Balaban J connectivity index is 0.000000171. The first kappa shape index (κ1) is 21.7. The molecule has 6 nitrogen and oxygen atoms in total. The highest BCUT2D eigenvalue weighted by Gasteiger charge is 2.21. The van der Waals surface area contributed by atoms with Gasteiger partial charge in [0.2, 0.25) is 0 Å². The number of benzene rings is 2. The van der Waals surface area contributed by atoms with Crippen LogP contribution in [0, 0.1) is 0 Å². The van der Waals surface area contributed by atoms with Gasteiger partial charge in [-0.25, -0.2) is 0 Å². The molecular weight excluding hydrogens is 384 g/mol. The van der Waals surface area contributed by atoms with Gasteiger partial charge in [0.1, 0.15) is 0 Å². The molecule has 0 N–H and O–H groups in total. The fraction of sp³-hybridized carbons (Fsp3) is 0.417. The summed E-state index contributed by atoms with van der Waals surface area (Å²) in [5.41, 5.74) is 3.73. The van der Waals surface area contributed by atoms with Crippen molar-refractivity contribution >= 4 is 11.6 Å². The number of rotatable bonds is 4. The van der Waals surface area contributed by atoms with Crippen LogP contribution in [0.3, 0.4) is 0 Å². The third-order valence-electron chi connectivity index (χ3n) is 5.52. The lowest BCUT2D eigenvalue weighted by molar-refractivity contribution is 0.0964. The molecule has 30 heavy (non-hydrogen) atoms. The molecule has 0 bridgehead atoms. The molecule has 2 aromatic carbocycles. The number of methoxy groups -OCH3 is 4. The Labute approximate surface area is 177 Å². The Morgan fingerprint density at radius 2 is 0.867 bits per heavy atom. The molecule has 0 radical (unpaired) electrons. The van der Waals surface area contributed by atoms with Crippen molar-refractivity contribution in [2.45, 2.75) is 38.5 Å². The van der Waals surface area contributed by atoms with Gasteiger partial charge in [-0.15, -0.1) is 0 Å². The molecule has 0 aliphatic heterocycles. The second-order valence-corrected chi connectivity index (χ2v) is 7.28. The molecule has 0 amide bonds. The maximum Gasteiger partial charge on any atom is 0.163 e. The average molecular weight is 412 g/mol. The molecular formula is C24H28O6. The molecule has 0 heterocycles. The van der Waals surface area contributed by atoms with E-state index in [4.69, 9.17) is 18.9 Å². The Bertz CT molecular complexity index is 870. The van der Waals surface area contributed by atoms with E-state index in [1.54, 1.807) is 40.6 Å². The zero-order valence-electron chi connectivity index (χ0n) is 18.0. The molecule has 0 spiro atoms. The topological polar surface area (TPSA) is 71.1 Å². The van der Waals surface area contributed by atoms with Crippen LogP contribution in [0.5, 0.6) is 23.0 Å². The highest BCUT2D eigenvalue weighted by atomic mass is 16.5. The van der Waals surface area contributed by atoms with Crippen molar-refractivity contribution in [3.05, 3.63) is 46.5 Å². The van der Waals surface area contributed by atoms with Crippen molar-refractivity contribution in [3.63, 3.8) is 0 Å². The number of Topliss-reactive ketones (excluding diaryl/α,β-unsaturated/α-hetero) is 2. The van der Waals surface area contributed by atoms with Crippen LogP contribution in [0.4, 0.5) is 0 Å². The van der Waals surface area contributed by atoms with Gasteiger partial charge in [0, 0.05) is 24.0 Å². The van der Waals surface area contributed by atoms with Crippen molar-refractivity contribution in [1.82, 2.24) is 0 Å². The van der Waals surface area contributed by atoms with Crippen LogP contribution >= 0.6 is 0 Å². The number of hydrogen-bond acceptors (Lipinski definition) is 6. The zero-order chi connectivity index (χ0) is 21.7. The van der Waals surface area contributed by atoms with E-state index in [2.05, 4.69) is 0 Å². The number of carbonyl (C=O) groups is 2. The second kappa shape index (κ2) is 9.65. The molecule has 2 aliphatic carbocycles. The monoisotopic (exact) mass is 412 g/mol. The molecule has 2 aliphatic rings. The van der Waals surface area contributed by atoms with Gasteiger partial charge < -0.3 is 18.9 Å². The summed E-state index contributed by atoms with van der Waals surface area (Å²) in [5.74, 6) is 3.07. The Morgan fingerprint density at radius 1 is 0.533 bits per heavy atom. The minimum atomic E-state index is 0.206. The van der Waals surface area contributed by atoms with Crippen molar-refractivity contribution in [2.24, 2.45) is 0 Å². The Kier molecular flexibility index (Phi) is 6.98. The van der Waals surface area contributed by atoms with Gasteiger partial charge in [-0.2, -0.15) is 0 Å². The number of ether oxygens (including phenoxy) is 4. The first-order valence-corrected chi connectivity index (χ1v) is 10.1. The summed E-state index contributed by atoms with van der Waals surface area (Å²) in [5, 5.41) is 0. The molecule has 0 aromatic heterocycles. The molecule has 6 heteroatoms. The molecule has 0 saturated heterocycles. The average Bonchev–Trinajstić information content (AvgIpc) is 2.78. The highest BCUT2D eigenvalue weighted by molar-refractivity contribution is 5.99. The minimum absolute atomic E-state index is 0.206. The van der Waals surface area contributed by atoms with E-state index in [1.807, 2.05) is 12.1 Å². The van der Waals surface area contributed by atoms with E-state index in [1.165, 1.54) is 0 Å². The SMILES string of the molecule is COc1cc2c(cc1OC)C(=O)CCC2.COc1cc2c(cc1OC)C(=O)CCC2. The van der Waals surface area contributed by atoms with E-state index in [9.17, 15) is 9.59 Å². The lowest BCUT2D eigenvalue weighted by Crippen LogP contribution is -2.11. The summed E-state index contributed by atoms with van der Waals surface area (Å²) in [6, 6.07) is 7.39. The highest BCUT2D eigenvalue weighted by Crippen LogP contribution is 2.35. The first-order chi connectivity index (χ1) is 14.5. The van der Waals surface area contributed by atoms with Crippen LogP contribution in [0.15, 0.2) is 24.3 Å². The summed E-state index contributed by atoms with van der Waals surface area (Å²) >= 11 is 0. The molecule has 160 valence electrons. The van der Waals surface area contributed by atoms with E-state index in [-0.39, 0.29) is 11.6 Å². The maximum atomic E-state index is 11.7. The van der Waals surface area contributed by atoms with Crippen LogP contribution in [0.25, 0.3) is 0 Å². The lowest BCUT2D eigenvalue weighted by Gasteiger charge is -2.17. The predicted octanol–water partition coefficient (Wildman–Crippen LogP) is 4.45. The summed E-state index contributed by atoms with van der Waals surface area (Å²) in [6.45, 7) is 0. The van der Waals surface area contributed by atoms with Crippen LogP contribution in [0.1, 0.15) is 57.5 Å².